The number of rotatable bonds is 6. The number of anilines is 2. The maximum absolute atomic E-state index is 12.4. The molecule has 1 aromatic heterocycles. The van der Waals surface area contributed by atoms with Crippen molar-refractivity contribution >= 4 is 11.6 Å². The first kappa shape index (κ1) is 19.2. The highest BCUT2D eigenvalue weighted by molar-refractivity contribution is 5.51. The van der Waals surface area contributed by atoms with E-state index in [4.69, 9.17) is 0 Å². The Labute approximate surface area is 156 Å². The summed E-state index contributed by atoms with van der Waals surface area (Å²) in [7, 11) is 4.01. The van der Waals surface area contributed by atoms with Crippen molar-refractivity contribution in [2.45, 2.75) is 19.3 Å². The molecule has 0 saturated heterocycles. The number of likely N-dealkylation sites (N-methyl/N-ethyl adjacent to an activating group) is 1. The van der Waals surface area contributed by atoms with Gasteiger partial charge in [0.15, 0.2) is 0 Å². The number of fused-ring (bicyclic) bond motifs is 1. The van der Waals surface area contributed by atoms with Crippen molar-refractivity contribution in [2.75, 3.05) is 43.9 Å². The Morgan fingerprint density at radius 1 is 1.19 bits per heavy atom. The lowest BCUT2D eigenvalue weighted by Gasteiger charge is -2.30. The molecule has 0 aliphatic carbocycles. The van der Waals surface area contributed by atoms with Crippen LogP contribution in [0.15, 0.2) is 30.6 Å². The van der Waals surface area contributed by atoms with Crippen molar-refractivity contribution in [3.8, 4) is 5.75 Å². The second kappa shape index (κ2) is 7.99. The highest BCUT2D eigenvalue weighted by Gasteiger charge is 2.31. The van der Waals surface area contributed by atoms with E-state index in [1.807, 2.05) is 20.2 Å². The van der Waals surface area contributed by atoms with Crippen molar-refractivity contribution in [3.63, 3.8) is 0 Å². The normalized spacial score (nSPS) is 14.2. The lowest BCUT2D eigenvalue weighted by molar-refractivity contribution is -0.274. The molecule has 146 valence electrons. The molecule has 0 radical (unpaired) electrons. The van der Waals surface area contributed by atoms with Crippen LogP contribution in [0.1, 0.15) is 11.1 Å². The number of nitrogens with one attached hydrogen (secondary N) is 1. The zero-order chi connectivity index (χ0) is 19.4. The zero-order valence-electron chi connectivity index (χ0n) is 15.3. The molecule has 0 amide bonds. The van der Waals surface area contributed by atoms with Crippen LogP contribution in [0.25, 0.3) is 0 Å². The Bertz CT molecular complexity index is 782. The molecule has 0 saturated carbocycles. The van der Waals surface area contributed by atoms with E-state index < -0.39 is 6.36 Å². The topological polar surface area (TPSA) is 53.5 Å². The van der Waals surface area contributed by atoms with E-state index in [1.54, 1.807) is 6.07 Å². The van der Waals surface area contributed by atoms with Crippen LogP contribution in [0.3, 0.4) is 0 Å². The number of hydrogen-bond acceptors (Lipinski definition) is 6. The van der Waals surface area contributed by atoms with E-state index in [0.29, 0.717) is 19.5 Å². The Balaban J connectivity index is 1.67. The van der Waals surface area contributed by atoms with Crippen molar-refractivity contribution in [2.24, 2.45) is 0 Å². The molecule has 3 rings (SSSR count). The van der Waals surface area contributed by atoms with Crippen LogP contribution in [0.5, 0.6) is 5.75 Å². The van der Waals surface area contributed by atoms with Crippen LogP contribution in [0.2, 0.25) is 0 Å². The maximum Gasteiger partial charge on any atom is 0.573 e. The largest absolute Gasteiger partial charge is 0.573 e. The Kier molecular flexibility index (Phi) is 5.69. The summed E-state index contributed by atoms with van der Waals surface area (Å²) < 4.78 is 41.1. The average molecular weight is 381 g/mol. The van der Waals surface area contributed by atoms with E-state index in [1.165, 1.54) is 18.5 Å². The van der Waals surface area contributed by atoms with Gasteiger partial charge in [0.25, 0.3) is 0 Å². The lowest BCUT2D eigenvalue weighted by Crippen LogP contribution is -2.31. The summed E-state index contributed by atoms with van der Waals surface area (Å²) >= 11 is 0. The molecule has 0 unspecified atom stereocenters. The molecule has 1 aromatic carbocycles. The minimum Gasteiger partial charge on any atom is -0.406 e. The number of aromatic nitrogens is 2. The number of hydrogen-bond donors (Lipinski definition) is 1. The molecular weight excluding hydrogens is 359 g/mol. The Morgan fingerprint density at radius 3 is 2.74 bits per heavy atom. The Hall–Kier alpha value is -2.55. The van der Waals surface area contributed by atoms with Crippen molar-refractivity contribution in [1.82, 2.24) is 14.9 Å². The molecule has 0 spiro atoms. The van der Waals surface area contributed by atoms with Crippen LogP contribution in [-0.2, 0) is 13.0 Å². The van der Waals surface area contributed by atoms with Crippen LogP contribution < -0.4 is 15.0 Å². The molecule has 27 heavy (non-hydrogen) atoms. The first-order valence-corrected chi connectivity index (χ1v) is 8.63. The van der Waals surface area contributed by atoms with Gasteiger partial charge in [-0.25, -0.2) is 9.97 Å². The van der Waals surface area contributed by atoms with Gasteiger partial charge in [-0.15, -0.1) is 13.2 Å². The van der Waals surface area contributed by atoms with Crippen LogP contribution in [0, 0.1) is 0 Å². The van der Waals surface area contributed by atoms with Gasteiger partial charge in [-0.05, 0) is 43.8 Å². The summed E-state index contributed by atoms with van der Waals surface area (Å²) in [5.74, 6) is 1.37. The van der Waals surface area contributed by atoms with Gasteiger partial charge in [0.05, 0.1) is 0 Å². The zero-order valence-corrected chi connectivity index (χ0v) is 15.3. The number of halogens is 3. The summed E-state index contributed by atoms with van der Waals surface area (Å²) in [6.07, 6.45) is -2.53. The van der Waals surface area contributed by atoms with Gasteiger partial charge >= 0.3 is 6.36 Å². The predicted octanol–water partition coefficient (Wildman–Crippen LogP) is 2.91. The molecule has 0 bridgehead atoms. The summed E-state index contributed by atoms with van der Waals surface area (Å²) in [5, 5.41) is 3.26. The minimum atomic E-state index is -4.67. The van der Waals surface area contributed by atoms with Gasteiger partial charge in [0, 0.05) is 32.2 Å². The van der Waals surface area contributed by atoms with Crippen molar-refractivity contribution < 1.29 is 17.9 Å². The number of benzene rings is 1. The van der Waals surface area contributed by atoms with E-state index in [-0.39, 0.29) is 5.75 Å². The quantitative estimate of drug-likeness (QED) is 0.831. The third kappa shape index (κ3) is 5.46. The van der Waals surface area contributed by atoms with Gasteiger partial charge in [-0.2, -0.15) is 0 Å². The number of nitrogens with zero attached hydrogens (tertiary/aromatic N) is 4. The van der Waals surface area contributed by atoms with E-state index in [9.17, 15) is 13.2 Å². The fourth-order valence-corrected chi connectivity index (χ4v) is 2.95. The van der Waals surface area contributed by atoms with E-state index in [2.05, 4.69) is 29.8 Å². The van der Waals surface area contributed by atoms with Crippen molar-refractivity contribution in [1.29, 1.82) is 0 Å². The Morgan fingerprint density at radius 2 is 2.00 bits per heavy atom. The van der Waals surface area contributed by atoms with Gasteiger partial charge in [-0.1, -0.05) is 6.07 Å². The standard InChI is InChI=1S/C18H22F3N5O/c1-25(2)8-6-22-16-10-17(24-12-23-16)26-7-5-13-9-15(27-18(19,20)21)4-3-14(13)11-26/h3-4,9-10,12H,5-8,11H2,1-2H3,(H,22,23,24). The van der Waals surface area contributed by atoms with Gasteiger partial charge in [0.1, 0.15) is 23.7 Å². The van der Waals surface area contributed by atoms with Gasteiger partial charge < -0.3 is 19.9 Å². The molecule has 0 fully saturated rings. The van der Waals surface area contributed by atoms with E-state index in [0.717, 1.165) is 35.9 Å². The fraction of sp³-hybridized carbons (Fsp3) is 0.444. The second-order valence-corrected chi connectivity index (χ2v) is 6.64. The summed E-state index contributed by atoms with van der Waals surface area (Å²) in [6.45, 7) is 2.90. The molecule has 0 atom stereocenters. The smallest absolute Gasteiger partial charge is 0.406 e. The van der Waals surface area contributed by atoms with Gasteiger partial charge in [-0.3, -0.25) is 0 Å². The maximum atomic E-state index is 12.4. The third-order valence-electron chi connectivity index (χ3n) is 4.27. The van der Waals surface area contributed by atoms with E-state index >= 15 is 0 Å². The molecule has 1 aliphatic rings. The molecule has 1 aliphatic heterocycles. The summed E-state index contributed by atoms with van der Waals surface area (Å²) in [5.41, 5.74) is 1.84. The van der Waals surface area contributed by atoms with Crippen LogP contribution in [0.4, 0.5) is 24.8 Å². The predicted molar refractivity (Wildman–Crippen MR) is 97.0 cm³/mol. The molecule has 2 heterocycles. The summed E-state index contributed by atoms with van der Waals surface area (Å²) in [4.78, 5) is 12.7. The second-order valence-electron chi connectivity index (χ2n) is 6.64. The SMILES string of the molecule is CN(C)CCNc1cc(N2CCc3cc(OC(F)(F)F)ccc3C2)ncn1. The molecule has 6 nitrogen and oxygen atoms in total. The van der Waals surface area contributed by atoms with Crippen LogP contribution in [-0.4, -0.2) is 55.0 Å². The molecule has 2 aromatic rings. The first-order chi connectivity index (χ1) is 12.8. The highest BCUT2D eigenvalue weighted by Crippen LogP contribution is 2.29. The van der Waals surface area contributed by atoms with Crippen LogP contribution >= 0.6 is 0 Å². The summed E-state index contributed by atoms with van der Waals surface area (Å²) in [6, 6.07) is 6.39. The van der Waals surface area contributed by atoms with Gasteiger partial charge in [0.2, 0.25) is 0 Å². The highest BCUT2D eigenvalue weighted by atomic mass is 19.4. The molecule has 9 heteroatoms. The molecule has 1 N–H and O–H groups in total. The van der Waals surface area contributed by atoms with Crippen molar-refractivity contribution in [3.05, 3.63) is 41.7 Å². The number of ether oxygens (including phenoxy) is 1. The third-order valence-corrected chi connectivity index (χ3v) is 4.27. The minimum absolute atomic E-state index is 0.177. The lowest BCUT2D eigenvalue weighted by atomic mass is 9.99. The average Bonchev–Trinajstić information content (AvgIpc) is 2.60. The first-order valence-electron chi connectivity index (χ1n) is 8.63. The fourth-order valence-electron chi connectivity index (χ4n) is 2.95. The molecular formula is C18H22F3N5O. The monoisotopic (exact) mass is 381 g/mol. The number of alkyl halides is 3.